The molecule has 0 radical (unpaired) electrons. The molecule has 0 spiro atoms. The monoisotopic (exact) mass is 282 g/mol. The quantitative estimate of drug-likeness (QED) is 0.810. The van der Waals surface area contributed by atoms with Gasteiger partial charge >= 0.3 is 0 Å². The maximum Gasteiger partial charge on any atom is 0.198 e. The second kappa shape index (κ2) is 4.65. The van der Waals surface area contributed by atoms with E-state index in [1.165, 1.54) is 0 Å². The van der Waals surface area contributed by atoms with Crippen LogP contribution >= 0.6 is 15.9 Å². The number of ketones is 1. The number of rotatable bonds is 4. The Morgan fingerprint density at radius 2 is 2.38 bits per heavy atom. The Labute approximate surface area is 101 Å². The summed E-state index contributed by atoms with van der Waals surface area (Å²) in [7, 11) is 1.91. The van der Waals surface area contributed by atoms with Gasteiger partial charge in [0.2, 0.25) is 0 Å². The van der Waals surface area contributed by atoms with Gasteiger partial charge in [-0.2, -0.15) is 0 Å². The summed E-state index contributed by atoms with van der Waals surface area (Å²) < 4.78 is 7.67. The molecule has 84 valence electrons. The lowest BCUT2D eigenvalue weighted by Crippen LogP contribution is -2.03. The molecule has 0 aliphatic carbocycles. The third-order valence-electron chi connectivity index (χ3n) is 2.34. The van der Waals surface area contributed by atoms with Crippen LogP contribution in [-0.2, 0) is 13.5 Å². The maximum absolute atomic E-state index is 11.7. The number of aromatic nitrogens is 2. The summed E-state index contributed by atoms with van der Waals surface area (Å²) in [5.41, 5.74) is 0. The van der Waals surface area contributed by atoms with Gasteiger partial charge in [0.15, 0.2) is 16.2 Å². The van der Waals surface area contributed by atoms with Crippen molar-refractivity contribution in [1.82, 2.24) is 9.55 Å². The van der Waals surface area contributed by atoms with Crippen molar-refractivity contribution < 1.29 is 9.21 Å². The molecule has 0 saturated carbocycles. The lowest BCUT2D eigenvalue weighted by atomic mass is 10.2. The fraction of sp³-hybridized carbons (Fsp3) is 0.273. The third-order valence-corrected chi connectivity index (χ3v) is 2.77. The van der Waals surface area contributed by atoms with Crippen molar-refractivity contribution in [2.24, 2.45) is 7.05 Å². The van der Waals surface area contributed by atoms with Crippen molar-refractivity contribution in [2.45, 2.75) is 12.8 Å². The van der Waals surface area contributed by atoms with E-state index in [-0.39, 0.29) is 5.78 Å². The van der Waals surface area contributed by atoms with Crippen LogP contribution in [-0.4, -0.2) is 15.3 Å². The largest absolute Gasteiger partial charge is 0.446 e. The second-order valence-electron chi connectivity index (χ2n) is 3.48. The molecule has 0 unspecified atom stereocenters. The van der Waals surface area contributed by atoms with Gasteiger partial charge in [0.05, 0.1) is 0 Å². The van der Waals surface area contributed by atoms with Gasteiger partial charge in [-0.25, -0.2) is 4.98 Å². The normalized spacial score (nSPS) is 10.6. The van der Waals surface area contributed by atoms with Gasteiger partial charge in [0.1, 0.15) is 5.82 Å². The second-order valence-corrected chi connectivity index (χ2v) is 4.26. The summed E-state index contributed by atoms with van der Waals surface area (Å²) in [6.07, 6.45) is 4.62. The molecule has 0 aliphatic heterocycles. The Morgan fingerprint density at radius 1 is 1.56 bits per heavy atom. The van der Waals surface area contributed by atoms with Crippen LogP contribution in [0.25, 0.3) is 0 Å². The number of furan rings is 1. The molecule has 0 saturated heterocycles. The Kier molecular flexibility index (Phi) is 3.24. The predicted molar refractivity (Wildman–Crippen MR) is 62.3 cm³/mol. The van der Waals surface area contributed by atoms with Crippen LogP contribution in [0.2, 0.25) is 0 Å². The number of aryl methyl sites for hydroxylation is 2. The summed E-state index contributed by atoms with van der Waals surface area (Å²) in [5.74, 6) is 1.29. The van der Waals surface area contributed by atoms with E-state index < -0.39 is 0 Å². The molecule has 2 aromatic rings. The lowest BCUT2D eigenvalue weighted by molar-refractivity contribution is 0.0954. The van der Waals surface area contributed by atoms with Crippen molar-refractivity contribution >= 4 is 21.7 Å². The van der Waals surface area contributed by atoms with Crippen LogP contribution in [0.3, 0.4) is 0 Å². The van der Waals surface area contributed by atoms with E-state index in [2.05, 4.69) is 20.9 Å². The van der Waals surface area contributed by atoms with E-state index in [1.807, 2.05) is 17.8 Å². The van der Waals surface area contributed by atoms with E-state index in [0.717, 1.165) is 5.82 Å². The molecule has 2 rings (SSSR count). The molecule has 0 fully saturated rings. The summed E-state index contributed by atoms with van der Waals surface area (Å²) in [6.45, 7) is 0. The first kappa shape index (κ1) is 11.1. The number of nitrogens with zero attached hydrogens (tertiary/aromatic N) is 2. The fourth-order valence-corrected chi connectivity index (χ4v) is 1.76. The molecule has 16 heavy (non-hydrogen) atoms. The number of halogens is 1. The van der Waals surface area contributed by atoms with E-state index in [4.69, 9.17) is 4.42 Å². The van der Waals surface area contributed by atoms with Crippen molar-refractivity contribution in [3.05, 3.63) is 40.8 Å². The molecule has 4 nitrogen and oxygen atoms in total. The van der Waals surface area contributed by atoms with Crippen LogP contribution in [0, 0.1) is 0 Å². The highest BCUT2D eigenvalue weighted by Gasteiger charge is 2.11. The smallest absolute Gasteiger partial charge is 0.198 e. The van der Waals surface area contributed by atoms with Crippen LogP contribution in [0.5, 0.6) is 0 Å². The van der Waals surface area contributed by atoms with Crippen molar-refractivity contribution in [1.29, 1.82) is 0 Å². The van der Waals surface area contributed by atoms with Crippen LogP contribution < -0.4 is 0 Å². The Balaban J connectivity index is 1.96. The Bertz CT molecular complexity index is 502. The van der Waals surface area contributed by atoms with Crippen molar-refractivity contribution in [2.75, 3.05) is 0 Å². The minimum Gasteiger partial charge on any atom is -0.446 e. The van der Waals surface area contributed by atoms with E-state index >= 15 is 0 Å². The Morgan fingerprint density at radius 3 is 2.94 bits per heavy atom. The molecule has 0 atom stereocenters. The maximum atomic E-state index is 11.7. The van der Waals surface area contributed by atoms with E-state index in [1.54, 1.807) is 18.3 Å². The Hall–Kier alpha value is -1.36. The molecule has 0 N–H and O–H groups in total. The van der Waals surface area contributed by atoms with Gasteiger partial charge in [-0.15, -0.1) is 0 Å². The van der Waals surface area contributed by atoms with Gasteiger partial charge in [0.25, 0.3) is 0 Å². The summed E-state index contributed by atoms with van der Waals surface area (Å²) in [4.78, 5) is 15.9. The van der Waals surface area contributed by atoms with Gasteiger partial charge in [-0.05, 0) is 28.1 Å². The number of hydrogen-bond acceptors (Lipinski definition) is 3. The standard InChI is InChI=1S/C11H11BrN2O2/c1-14-7-6-13-11(14)5-2-8(15)9-3-4-10(12)16-9/h3-4,6-7H,2,5H2,1H3. The summed E-state index contributed by atoms with van der Waals surface area (Å²) >= 11 is 3.17. The molecular weight excluding hydrogens is 272 g/mol. The first-order valence-electron chi connectivity index (χ1n) is 4.91. The minimum atomic E-state index is -0.00583. The number of imidazole rings is 1. The molecule has 0 amide bonds. The average molecular weight is 283 g/mol. The number of carbonyl (C=O) groups is 1. The minimum absolute atomic E-state index is 0.00583. The number of Topliss-reactive ketones (excluding diaryl/α,β-unsaturated/α-hetero) is 1. The SMILES string of the molecule is Cn1ccnc1CCC(=O)c1ccc(Br)o1. The van der Waals surface area contributed by atoms with E-state index in [0.29, 0.717) is 23.3 Å². The molecular formula is C11H11BrN2O2. The zero-order valence-corrected chi connectivity index (χ0v) is 10.4. The zero-order valence-electron chi connectivity index (χ0n) is 8.81. The summed E-state index contributed by atoms with van der Waals surface area (Å²) in [5, 5.41) is 0. The molecule has 2 aromatic heterocycles. The van der Waals surface area contributed by atoms with Crippen LogP contribution in [0.15, 0.2) is 33.6 Å². The number of carbonyl (C=O) groups excluding carboxylic acids is 1. The third kappa shape index (κ3) is 2.41. The average Bonchev–Trinajstić information content (AvgIpc) is 2.84. The molecule has 0 aromatic carbocycles. The van der Waals surface area contributed by atoms with Crippen LogP contribution in [0.4, 0.5) is 0 Å². The van der Waals surface area contributed by atoms with Crippen LogP contribution in [0.1, 0.15) is 22.8 Å². The van der Waals surface area contributed by atoms with Gasteiger partial charge in [0, 0.05) is 32.3 Å². The predicted octanol–water partition coefficient (Wildman–Crippen LogP) is 2.59. The highest BCUT2D eigenvalue weighted by molar-refractivity contribution is 9.10. The number of hydrogen-bond donors (Lipinski definition) is 0. The first-order chi connectivity index (χ1) is 7.66. The topological polar surface area (TPSA) is 48.0 Å². The van der Waals surface area contributed by atoms with Crippen molar-refractivity contribution in [3.8, 4) is 0 Å². The zero-order chi connectivity index (χ0) is 11.5. The molecule has 2 heterocycles. The molecule has 0 aliphatic rings. The highest BCUT2D eigenvalue weighted by Crippen LogP contribution is 2.16. The van der Waals surface area contributed by atoms with E-state index in [9.17, 15) is 4.79 Å². The first-order valence-corrected chi connectivity index (χ1v) is 5.71. The highest BCUT2D eigenvalue weighted by atomic mass is 79.9. The summed E-state index contributed by atoms with van der Waals surface area (Å²) in [6, 6.07) is 3.39. The van der Waals surface area contributed by atoms with Gasteiger partial charge < -0.3 is 8.98 Å². The molecule has 5 heteroatoms. The van der Waals surface area contributed by atoms with Gasteiger partial charge in [-0.3, -0.25) is 4.79 Å². The van der Waals surface area contributed by atoms with Gasteiger partial charge in [-0.1, -0.05) is 0 Å². The van der Waals surface area contributed by atoms with Crippen molar-refractivity contribution in [3.63, 3.8) is 0 Å². The fourth-order valence-electron chi connectivity index (χ4n) is 1.45. The lowest BCUT2D eigenvalue weighted by Gasteiger charge is -1.99. The molecule has 0 bridgehead atoms.